The van der Waals surface area contributed by atoms with E-state index in [1.807, 2.05) is 32.1 Å². The largest absolute Gasteiger partial charge is 0.503 e. The molecule has 1 amide bonds. The van der Waals surface area contributed by atoms with Crippen LogP contribution in [-0.4, -0.2) is 70.5 Å². The molecule has 7 heteroatoms. The van der Waals surface area contributed by atoms with Gasteiger partial charge in [0.25, 0.3) is 5.91 Å². The maximum Gasteiger partial charge on any atom is 0.253 e. The molecule has 184 valence electrons. The number of aromatic hydroxyl groups is 1. The van der Waals surface area contributed by atoms with Crippen LogP contribution < -0.4 is 0 Å². The summed E-state index contributed by atoms with van der Waals surface area (Å²) in [6.07, 6.45) is 1.87. The van der Waals surface area contributed by atoms with Gasteiger partial charge in [0.1, 0.15) is 0 Å². The molecule has 1 aliphatic heterocycles. The molecule has 1 heterocycles. The monoisotopic (exact) mass is 471 g/mol. The van der Waals surface area contributed by atoms with Gasteiger partial charge in [0, 0.05) is 55.9 Å². The Balaban J connectivity index is 2.04. The van der Waals surface area contributed by atoms with Crippen molar-refractivity contribution in [3.05, 3.63) is 77.4 Å². The van der Waals surface area contributed by atoms with Gasteiger partial charge >= 0.3 is 0 Å². The molecule has 2 aromatic carbocycles. The summed E-state index contributed by atoms with van der Waals surface area (Å²) in [5.41, 5.74) is 1.54. The zero-order valence-electron chi connectivity index (χ0n) is 20.5. The first-order valence-corrected chi connectivity index (χ1v) is 11.9. The number of hydrogen-bond acceptors (Lipinski definition) is 4. The van der Waals surface area contributed by atoms with Crippen LogP contribution in [0, 0.1) is 11.6 Å². The molecule has 0 spiro atoms. The molecule has 34 heavy (non-hydrogen) atoms. The highest BCUT2D eigenvalue weighted by Gasteiger charge is 2.36. The lowest BCUT2D eigenvalue weighted by Crippen LogP contribution is -2.57. The van der Waals surface area contributed by atoms with Gasteiger partial charge in [0.2, 0.25) is 0 Å². The minimum Gasteiger partial charge on any atom is -0.503 e. The fraction of sp³-hybridized carbons (Fsp3) is 0.444. The molecule has 3 atom stereocenters. The van der Waals surface area contributed by atoms with Crippen LogP contribution in [-0.2, 0) is 0 Å². The van der Waals surface area contributed by atoms with Gasteiger partial charge in [-0.1, -0.05) is 24.3 Å². The van der Waals surface area contributed by atoms with Crippen molar-refractivity contribution in [2.75, 3.05) is 32.7 Å². The minimum absolute atomic E-state index is 0.0567. The zero-order chi connectivity index (χ0) is 25.0. The van der Waals surface area contributed by atoms with E-state index in [0.717, 1.165) is 24.7 Å². The highest BCUT2D eigenvalue weighted by molar-refractivity contribution is 5.94. The van der Waals surface area contributed by atoms with E-state index in [2.05, 4.69) is 30.2 Å². The molecule has 5 nitrogen and oxygen atoms in total. The molecule has 0 saturated carbocycles. The molecule has 1 aliphatic rings. The van der Waals surface area contributed by atoms with Gasteiger partial charge in [0.05, 0.1) is 6.04 Å². The second kappa shape index (κ2) is 11.1. The number of nitrogens with zero attached hydrogens (tertiary/aromatic N) is 3. The summed E-state index contributed by atoms with van der Waals surface area (Å²) < 4.78 is 29.0. The van der Waals surface area contributed by atoms with Gasteiger partial charge in [-0.3, -0.25) is 14.6 Å². The van der Waals surface area contributed by atoms with Crippen molar-refractivity contribution in [3.63, 3.8) is 0 Å². The quantitative estimate of drug-likeness (QED) is 0.561. The topological polar surface area (TPSA) is 47.0 Å². The highest BCUT2D eigenvalue weighted by atomic mass is 19.1. The number of phenolic OH excluding ortho intramolecular Hbond substituents is 1. The van der Waals surface area contributed by atoms with Crippen molar-refractivity contribution in [1.82, 2.24) is 14.7 Å². The van der Waals surface area contributed by atoms with Crippen LogP contribution in [0.4, 0.5) is 8.78 Å². The summed E-state index contributed by atoms with van der Waals surface area (Å²) in [5, 5.41) is 10.0. The van der Waals surface area contributed by atoms with E-state index in [-0.39, 0.29) is 23.6 Å². The van der Waals surface area contributed by atoms with E-state index in [9.17, 15) is 14.3 Å². The van der Waals surface area contributed by atoms with Crippen LogP contribution in [0.3, 0.4) is 0 Å². The SMILES string of the molecule is C=CCN1C[C@H](C)N([C@H](c2ccc(C(=O)N(CC)CC)cc2)c2ccc(F)c(O)c2F)C[C@H]1C. The Kier molecular flexibility index (Phi) is 8.44. The smallest absolute Gasteiger partial charge is 0.253 e. The van der Waals surface area contributed by atoms with Crippen LogP contribution in [0.1, 0.15) is 55.2 Å². The van der Waals surface area contributed by atoms with Crippen LogP contribution in [0.25, 0.3) is 0 Å². The number of carbonyl (C=O) groups excluding carboxylic acids is 1. The third-order valence-corrected chi connectivity index (χ3v) is 6.77. The van der Waals surface area contributed by atoms with E-state index in [4.69, 9.17) is 0 Å². The number of carbonyl (C=O) groups is 1. The van der Waals surface area contributed by atoms with Crippen molar-refractivity contribution in [3.8, 4) is 5.75 Å². The van der Waals surface area contributed by atoms with Crippen LogP contribution in [0.5, 0.6) is 5.75 Å². The Labute approximate surface area is 201 Å². The van der Waals surface area contributed by atoms with Gasteiger partial charge in [-0.25, -0.2) is 8.78 Å². The van der Waals surface area contributed by atoms with Crippen LogP contribution in [0.15, 0.2) is 49.1 Å². The Morgan fingerprint density at radius 3 is 2.35 bits per heavy atom. The van der Waals surface area contributed by atoms with Gasteiger partial charge in [-0.15, -0.1) is 6.58 Å². The first kappa shape index (κ1) is 25.8. The highest BCUT2D eigenvalue weighted by Crippen LogP contribution is 2.37. The van der Waals surface area contributed by atoms with E-state index in [1.165, 1.54) is 6.07 Å². The Morgan fingerprint density at radius 1 is 1.12 bits per heavy atom. The van der Waals surface area contributed by atoms with E-state index >= 15 is 4.39 Å². The molecule has 0 unspecified atom stereocenters. The standard InChI is InChI=1S/C27H35F2N3O2/c1-6-15-31-16-19(5)32(17-18(31)4)25(22-13-14-23(28)26(33)24(22)29)20-9-11-21(12-10-20)27(34)30(7-2)8-3/h6,9-14,18-19,25,33H,1,7-8,15-17H2,2-5H3/t18-,19+,25-/m1/s1. The lowest BCUT2D eigenvalue weighted by atomic mass is 9.92. The van der Waals surface area contributed by atoms with Crippen molar-refractivity contribution < 1.29 is 18.7 Å². The summed E-state index contributed by atoms with van der Waals surface area (Å²) in [6, 6.07) is 9.37. The maximum atomic E-state index is 15.2. The second-order valence-electron chi connectivity index (χ2n) is 8.94. The van der Waals surface area contributed by atoms with E-state index in [0.29, 0.717) is 25.2 Å². The lowest BCUT2D eigenvalue weighted by molar-refractivity contribution is 0.0297. The predicted octanol–water partition coefficient (Wildman–Crippen LogP) is 4.82. The van der Waals surface area contributed by atoms with Gasteiger partial charge in [-0.2, -0.15) is 0 Å². The molecular weight excluding hydrogens is 436 g/mol. The molecular formula is C27H35F2N3O2. The second-order valence-corrected chi connectivity index (χ2v) is 8.94. The maximum absolute atomic E-state index is 15.2. The van der Waals surface area contributed by atoms with Gasteiger partial charge < -0.3 is 10.0 Å². The fourth-order valence-corrected chi connectivity index (χ4v) is 4.82. The molecule has 0 bridgehead atoms. The first-order valence-electron chi connectivity index (χ1n) is 11.9. The summed E-state index contributed by atoms with van der Waals surface area (Å²) in [7, 11) is 0. The Bertz CT molecular complexity index is 1010. The summed E-state index contributed by atoms with van der Waals surface area (Å²) >= 11 is 0. The van der Waals surface area contributed by atoms with Crippen molar-refractivity contribution in [2.24, 2.45) is 0 Å². The van der Waals surface area contributed by atoms with Crippen LogP contribution in [0.2, 0.25) is 0 Å². The Morgan fingerprint density at radius 2 is 1.76 bits per heavy atom. The van der Waals surface area contributed by atoms with Gasteiger partial charge in [0.15, 0.2) is 17.4 Å². The third-order valence-electron chi connectivity index (χ3n) is 6.77. The third kappa shape index (κ3) is 5.15. The molecule has 0 aromatic heterocycles. The number of rotatable bonds is 8. The van der Waals surface area contributed by atoms with Crippen molar-refractivity contribution in [2.45, 2.75) is 45.8 Å². The number of benzene rings is 2. The number of amides is 1. The lowest BCUT2D eigenvalue weighted by Gasteiger charge is -2.47. The molecule has 1 fully saturated rings. The minimum atomic E-state index is -0.989. The predicted molar refractivity (Wildman–Crippen MR) is 131 cm³/mol. The summed E-state index contributed by atoms with van der Waals surface area (Å²) in [4.78, 5) is 19.0. The Hall–Kier alpha value is -2.77. The van der Waals surface area contributed by atoms with Crippen LogP contribution >= 0.6 is 0 Å². The molecule has 2 aromatic rings. The number of phenols is 1. The molecule has 0 radical (unpaired) electrons. The number of hydrogen-bond donors (Lipinski definition) is 1. The molecule has 1 saturated heterocycles. The van der Waals surface area contributed by atoms with Gasteiger partial charge in [-0.05, 0) is 51.5 Å². The van der Waals surface area contributed by atoms with Crippen molar-refractivity contribution >= 4 is 5.91 Å². The van der Waals surface area contributed by atoms with Crippen molar-refractivity contribution in [1.29, 1.82) is 0 Å². The average molecular weight is 472 g/mol. The molecule has 3 rings (SSSR count). The van der Waals surface area contributed by atoms with E-state index < -0.39 is 23.4 Å². The first-order chi connectivity index (χ1) is 16.2. The summed E-state index contributed by atoms with van der Waals surface area (Å²) in [5.74, 6) is -2.97. The fourth-order valence-electron chi connectivity index (χ4n) is 4.82. The zero-order valence-corrected chi connectivity index (χ0v) is 20.5. The average Bonchev–Trinajstić information content (AvgIpc) is 2.83. The number of halogens is 2. The van der Waals surface area contributed by atoms with E-state index in [1.54, 1.807) is 17.0 Å². The molecule has 0 aliphatic carbocycles. The molecule has 1 N–H and O–H groups in total. The summed E-state index contributed by atoms with van der Waals surface area (Å²) in [6.45, 7) is 15.3. The normalized spacial score (nSPS) is 20.2. The number of piperazine rings is 1.